The third-order valence-electron chi connectivity index (χ3n) is 9.04. The van der Waals surface area contributed by atoms with Crippen LogP contribution in [0.5, 0.6) is 5.75 Å². The van der Waals surface area contributed by atoms with Crippen molar-refractivity contribution in [2.45, 2.75) is 57.8 Å². The zero-order chi connectivity index (χ0) is 34.6. The number of nitrogens with one attached hydrogen (secondary N) is 1. The number of carbonyl (C=O) groups excluding carboxylic acids is 1. The van der Waals surface area contributed by atoms with Gasteiger partial charge in [0.1, 0.15) is 5.52 Å². The number of ether oxygens (including phenoxy) is 2. The summed E-state index contributed by atoms with van der Waals surface area (Å²) in [6.45, 7) is 10.5. The van der Waals surface area contributed by atoms with Crippen LogP contribution in [0.25, 0.3) is 11.1 Å². The normalized spacial score (nSPS) is 16.9. The van der Waals surface area contributed by atoms with E-state index >= 15 is 0 Å². The zero-order valence-electron chi connectivity index (χ0n) is 28.6. The molecule has 11 heteroatoms. The number of carbonyl (C=O) groups is 1. The minimum atomic E-state index is -2.73. The number of halogens is 1. The van der Waals surface area contributed by atoms with Crippen LogP contribution in [-0.4, -0.2) is 68.1 Å². The Morgan fingerprint density at radius 2 is 1.73 bits per heavy atom. The lowest BCUT2D eigenvalue weighted by Crippen LogP contribution is -2.66. The predicted octanol–water partition coefficient (Wildman–Crippen LogP) is 6.69. The fraction of sp³-hybridized carbons (Fsp3) is 0.342. The summed E-state index contributed by atoms with van der Waals surface area (Å²) >= 11 is 6.10. The molecule has 1 aliphatic heterocycles. The Labute approximate surface area is 293 Å². The molecule has 1 saturated heterocycles. The van der Waals surface area contributed by atoms with E-state index in [1.807, 2.05) is 24.0 Å². The van der Waals surface area contributed by atoms with E-state index in [4.69, 9.17) is 29.9 Å². The molecule has 49 heavy (non-hydrogen) atoms. The van der Waals surface area contributed by atoms with Crippen LogP contribution in [-0.2, 0) is 15.7 Å². The molecule has 0 aliphatic carbocycles. The summed E-state index contributed by atoms with van der Waals surface area (Å²) in [6, 6.07) is 28.3. The number of amides is 1. The van der Waals surface area contributed by atoms with E-state index in [2.05, 4.69) is 84.6 Å². The minimum Gasteiger partial charge on any atom is -0.493 e. The molecule has 2 atom stereocenters. The third kappa shape index (κ3) is 7.38. The summed E-state index contributed by atoms with van der Waals surface area (Å²) in [5.74, 6) is 0.307. The number of morpholine rings is 1. The molecule has 1 amide bonds. The van der Waals surface area contributed by atoms with Crippen LogP contribution in [0.4, 0.5) is 6.01 Å². The van der Waals surface area contributed by atoms with Gasteiger partial charge in [-0.05, 0) is 53.0 Å². The minimum absolute atomic E-state index is 0.105. The molecular weight excluding hydrogens is 656 g/mol. The first-order valence-corrected chi connectivity index (χ1v) is 18.9. The molecule has 0 spiro atoms. The van der Waals surface area contributed by atoms with Crippen molar-refractivity contribution in [2.24, 2.45) is 0 Å². The van der Waals surface area contributed by atoms with Crippen molar-refractivity contribution in [1.29, 1.82) is 0 Å². The molecule has 5 aromatic rings. The number of pyridine rings is 1. The van der Waals surface area contributed by atoms with Crippen molar-refractivity contribution in [3.05, 3.63) is 107 Å². The first-order chi connectivity index (χ1) is 23.6. The van der Waals surface area contributed by atoms with Crippen molar-refractivity contribution < 1.29 is 23.1 Å². The van der Waals surface area contributed by atoms with Crippen LogP contribution in [0.2, 0.25) is 10.1 Å². The SMILES string of the molecule is COc1cc(C(=O)N2CC(C)OCC2CCO[Si](c2ccccc2)(c2ccccc2)C(C)(C)C)cc2nc(NCc3cc(Cl)ccn3)oc12. The second-order valence-corrected chi connectivity index (χ2v) is 18.2. The summed E-state index contributed by atoms with van der Waals surface area (Å²) in [7, 11) is -1.18. The number of benzene rings is 3. The molecule has 6 rings (SSSR count). The van der Waals surface area contributed by atoms with Crippen LogP contribution < -0.4 is 20.4 Å². The highest BCUT2D eigenvalue weighted by molar-refractivity contribution is 6.99. The lowest BCUT2D eigenvalue weighted by atomic mass is 10.1. The van der Waals surface area contributed by atoms with Gasteiger partial charge in [-0.3, -0.25) is 9.78 Å². The Morgan fingerprint density at radius 3 is 2.37 bits per heavy atom. The largest absolute Gasteiger partial charge is 0.493 e. The Hall–Kier alpha value is -4.22. The highest BCUT2D eigenvalue weighted by atomic mass is 35.5. The molecule has 2 aromatic heterocycles. The number of methoxy groups -OCH3 is 1. The maximum atomic E-state index is 14.3. The predicted molar refractivity (Wildman–Crippen MR) is 196 cm³/mol. The second-order valence-electron chi connectivity index (χ2n) is 13.4. The number of aromatic nitrogens is 2. The van der Waals surface area contributed by atoms with Gasteiger partial charge in [-0.1, -0.05) is 93.0 Å². The molecule has 3 aromatic carbocycles. The van der Waals surface area contributed by atoms with Gasteiger partial charge < -0.3 is 28.5 Å². The zero-order valence-corrected chi connectivity index (χ0v) is 30.4. The molecule has 0 saturated carbocycles. The maximum Gasteiger partial charge on any atom is 0.296 e. The molecule has 1 aliphatic rings. The second kappa shape index (κ2) is 14.7. The van der Waals surface area contributed by atoms with Gasteiger partial charge in [0.2, 0.25) is 0 Å². The quantitative estimate of drug-likeness (QED) is 0.152. The van der Waals surface area contributed by atoms with Gasteiger partial charge in [-0.2, -0.15) is 4.98 Å². The van der Waals surface area contributed by atoms with Crippen molar-refractivity contribution in [3.8, 4) is 5.75 Å². The van der Waals surface area contributed by atoms with Crippen LogP contribution in [0.15, 0.2) is 95.5 Å². The highest BCUT2D eigenvalue weighted by Gasteiger charge is 2.50. The summed E-state index contributed by atoms with van der Waals surface area (Å²) in [5.41, 5.74) is 2.17. The molecule has 1 N–H and O–H groups in total. The van der Waals surface area contributed by atoms with E-state index in [9.17, 15) is 4.79 Å². The summed E-state index contributed by atoms with van der Waals surface area (Å²) in [6.07, 6.45) is 2.16. The molecule has 1 fully saturated rings. The van der Waals surface area contributed by atoms with E-state index in [1.54, 1.807) is 37.6 Å². The van der Waals surface area contributed by atoms with Crippen LogP contribution in [0.3, 0.4) is 0 Å². The summed E-state index contributed by atoms with van der Waals surface area (Å²) in [5, 5.41) is 6.04. The number of hydrogen-bond acceptors (Lipinski definition) is 8. The molecule has 0 radical (unpaired) electrons. The smallest absolute Gasteiger partial charge is 0.296 e. The topological polar surface area (TPSA) is 99.0 Å². The van der Waals surface area contributed by atoms with E-state index in [0.29, 0.717) is 60.2 Å². The van der Waals surface area contributed by atoms with Gasteiger partial charge >= 0.3 is 0 Å². The molecule has 2 unspecified atom stereocenters. The summed E-state index contributed by atoms with van der Waals surface area (Å²) < 4.78 is 24.9. The Kier molecular flexibility index (Phi) is 10.4. The Balaban J connectivity index is 1.23. The fourth-order valence-corrected chi connectivity index (χ4v) is 11.4. The van der Waals surface area contributed by atoms with E-state index < -0.39 is 8.32 Å². The van der Waals surface area contributed by atoms with Crippen LogP contribution in [0.1, 0.15) is 50.2 Å². The first kappa shape index (κ1) is 34.6. The highest BCUT2D eigenvalue weighted by Crippen LogP contribution is 2.37. The lowest BCUT2D eigenvalue weighted by Gasteiger charge is -2.44. The monoisotopic (exact) mass is 698 g/mol. The number of hydrogen-bond donors (Lipinski definition) is 1. The van der Waals surface area contributed by atoms with Crippen molar-refractivity contribution in [1.82, 2.24) is 14.9 Å². The van der Waals surface area contributed by atoms with Gasteiger partial charge in [0.05, 0.1) is 38.1 Å². The van der Waals surface area contributed by atoms with Gasteiger partial charge in [-0.15, -0.1) is 0 Å². The summed E-state index contributed by atoms with van der Waals surface area (Å²) in [4.78, 5) is 25.1. The van der Waals surface area contributed by atoms with Gasteiger partial charge in [0, 0.05) is 29.9 Å². The average molecular weight is 699 g/mol. The van der Waals surface area contributed by atoms with Gasteiger partial charge in [0.15, 0.2) is 11.3 Å². The van der Waals surface area contributed by atoms with Crippen LogP contribution >= 0.6 is 11.6 Å². The van der Waals surface area contributed by atoms with Gasteiger partial charge in [0.25, 0.3) is 20.2 Å². The Morgan fingerprint density at radius 1 is 1.04 bits per heavy atom. The van der Waals surface area contributed by atoms with Crippen LogP contribution in [0, 0.1) is 0 Å². The molecular formula is C38H43ClN4O5Si. The molecule has 9 nitrogen and oxygen atoms in total. The Bertz CT molecular complexity index is 1840. The third-order valence-corrected chi connectivity index (χ3v) is 14.3. The van der Waals surface area contributed by atoms with E-state index in [-0.39, 0.29) is 29.1 Å². The number of rotatable bonds is 11. The molecule has 0 bridgehead atoms. The van der Waals surface area contributed by atoms with Crippen molar-refractivity contribution >= 4 is 53.3 Å². The fourth-order valence-electron chi connectivity index (χ4n) is 6.67. The average Bonchev–Trinajstić information content (AvgIpc) is 3.52. The van der Waals surface area contributed by atoms with Gasteiger partial charge in [-0.25, -0.2) is 0 Å². The first-order valence-electron chi connectivity index (χ1n) is 16.6. The maximum absolute atomic E-state index is 14.3. The lowest BCUT2D eigenvalue weighted by molar-refractivity contribution is -0.0481. The molecule has 3 heterocycles. The number of fused-ring (bicyclic) bond motifs is 1. The molecule has 256 valence electrons. The van der Waals surface area contributed by atoms with E-state index in [0.717, 1.165) is 5.69 Å². The number of nitrogens with zero attached hydrogens (tertiary/aromatic N) is 3. The van der Waals surface area contributed by atoms with Crippen molar-refractivity contribution in [2.75, 3.05) is 32.2 Å². The standard InChI is InChI=1S/C38H43ClN4O5Si/c1-26-24-43(36(44)27-20-33-35(34(21-27)45-5)48-37(42-33)41-23-29-22-28(39)16-18-40-29)30(25-46-26)17-19-47-49(38(2,3)4,31-12-8-6-9-13-31)32-14-10-7-11-15-32/h6-16,18,20-22,26,30H,17,19,23-25H2,1-5H3,(H,41,42). The van der Waals surface area contributed by atoms with Crippen molar-refractivity contribution in [3.63, 3.8) is 0 Å². The van der Waals surface area contributed by atoms with E-state index in [1.165, 1.54) is 10.4 Å². The number of oxazole rings is 1. The number of anilines is 1.